The number of aromatic nitrogens is 2. The average Bonchev–Trinajstić information content (AvgIpc) is 2.17. The van der Waals surface area contributed by atoms with Gasteiger partial charge in [0.2, 0.25) is 5.88 Å². The zero-order valence-electron chi connectivity index (χ0n) is 8.80. The van der Waals surface area contributed by atoms with E-state index in [9.17, 15) is 0 Å². The van der Waals surface area contributed by atoms with Gasteiger partial charge in [0.15, 0.2) is 0 Å². The molecule has 0 aliphatic heterocycles. The van der Waals surface area contributed by atoms with E-state index >= 15 is 0 Å². The van der Waals surface area contributed by atoms with E-state index in [2.05, 4.69) is 9.97 Å². The Morgan fingerprint density at radius 3 is 2.87 bits per heavy atom. The van der Waals surface area contributed by atoms with Crippen molar-refractivity contribution in [3.8, 4) is 5.88 Å². The predicted octanol–water partition coefficient (Wildman–Crippen LogP) is 0.0512. The Kier molecular flexibility index (Phi) is 4.38. The van der Waals surface area contributed by atoms with Crippen LogP contribution in [0, 0.1) is 0 Å². The van der Waals surface area contributed by atoms with E-state index in [0.29, 0.717) is 18.2 Å². The van der Waals surface area contributed by atoms with Crippen molar-refractivity contribution in [3.05, 3.63) is 18.1 Å². The molecule has 0 fully saturated rings. The third kappa shape index (κ3) is 4.18. The topological polar surface area (TPSA) is 64.3 Å². The van der Waals surface area contributed by atoms with Crippen molar-refractivity contribution in [1.82, 2.24) is 14.9 Å². The van der Waals surface area contributed by atoms with Crippen LogP contribution in [-0.4, -0.2) is 47.1 Å². The number of ether oxygens (including phenoxy) is 1. The van der Waals surface area contributed by atoms with Crippen molar-refractivity contribution < 1.29 is 4.74 Å². The summed E-state index contributed by atoms with van der Waals surface area (Å²) < 4.78 is 5.38. The van der Waals surface area contributed by atoms with E-state index in [1.165, 1.54) is 12.4 Å². The summed E-state index contributed by atoms with van der Waals surface area (Å²) in [7, 11) is 3.95. The van der Waals surface area contributed by atoms with Crippen LogP contribution in [0.1, 0.15) is 5.69 Å². The molecule has 82 valence electrons. The molecule has 0 aliphatic rings. The minimum Gasteiger partial charge on any atom is -0.475 e. The lowest BCUT2D eigenvalue weighted by atomic mass is 10.4. The molecule has 5 nitrogen and oxygen atoms in total. The molecule has 0 spiro atoms. The highest BCUT2D eigenvalue weighted by Crippen LogP contribution is 2.04. The molecule has 0 aromatic carbocycles. The summed E-state index contributed by atoms with van der Waals surface area (Å²) in [6.07, 6.45) is 3.05. The van der Waals surface area contributed by atoms with Crippen molar-refractivity contribution in [2.24, 2.45) is 5.73 Å². The molecule has 1 aromatic rings. The van der Waals surface area contributed by atoms with Crippen molar-refractivity contribution in [1.29, 1.82) is 0 Å². The fraction of sp³-hybridized carbons (Fsp3) is 0.444. The molecule has 0 radical (unpaired) electrons. The van der Waals surface area contributed by atoms with Crippen LogP contribution in [0.25, 0.3) is 0 Å². The molecule has 0 unspecified atom stereocenters. The number of nitrogens with zero attached hydrogens (tertiary/aromatic N) is 3. The van der Waals surface area contributed by atoms with Crippen LogP contribution in [0.4, 0.5) is 0 Å². The quantitative estimate of drug-likeness (QED) is 0.716. The maximum Gasteiger partial charge on any atom is 0.232 e. The predicted molar refractivity (Wildman–Crippen MR) is 62.0 cm³/mol. The summed E-state index contributed by atoms with van der Waals surface area (Å²) in [6.45, 7) is 1.38. The van der Waals surface area contributed by atoms with Crippen molar-refractivity contribution in [2.45, 2.75) is 0 Å². The first-order valence-corrected chi connectivity index (χ1v) is 4.90. The minimum absolute atomic E-state index is 0.223. The van der Waals surface area contributed by atoms with Crippen LogP contribution in [0.2, 0.25) is 0 Å². The van der Waals surface area contributed by atoms with Gasteiger partial charge >= 0.3 is 0 Å². The highest BCUT2D eigenvalue weighted by molar-refractivity contribution is 7.80. The lowest BCUT2D eigenvalue weighted by molar-refractivity contribution is 0.253. The van der Waals surface area contributed by atoms with Crippen molar-refractivity contribution in [2.75, 3.05) is 27.2 Å². The van der Waals surface area contributed by atoms with E-state index in [1.54, 1.807) is 0 Å². The van der Waals surface area contributed by atoms with E-state index in [1.807, 2.05) is 19.0 Å². The lowest BCUT2D eigenvalue weighted by Crippen LogP contribution is -2.20. The van der Waals surface area contributed by atoms with Gasteiger partial charge in [-0.15, -0.1) is 0 Å². The van der Waals surface area contributed by atoms with E-state index in [-0.39, 0.29) is 4.99 Å². The summed E-state index contributed by atoms with van der Waals surface area (Å²) in [5, 5.41) is 0. The third-order valence-electron chi connectivity index (χ3n) is 1.65. The Hall–Kier alpha value is -1.27. The van der Waals surface area contributed by atoms with Gasteiger partial charge in [-0.2, -0.15) is 0 Å². The van der Waals surface area contributed by atoms with Gasteiger partial charge in [-0.05, 0) is 14.1 Å². The van der Waals surface area contributed by atoms with Gasteiger partial charge in [0.25, 0.3) is 0 Å². The molecule has 0 atom stereocenters. The summed E-state index contributed by atoms with van der Waals surface area (Å²) >= 11 is 4.79. The maximum atomic E-state index is 5.42. The van der Waals surface area contributed by atoms with Gasteiger partial charge in [-0.25, -0.2) is 4.98 Å². The van der Waals surface area contributed by atoms with Crippen molar-refractivity contribution in [3.63, 3.8) is 0 Å². The van der Waals surface area contributed by atoms with Crippen LogP contribution in [-0.2, 0) is 0 Å². The standard InChI is InChI=1S/C9H14N4OS/c1-13(2)3-4-14-8-6-11-5-7(12-8)9(10)15/h5-6H,3-4H2,1-2H3,(H2,10,15). The number of nitrogens with two attached hydrogens (primary N) is 1. The van der Waals surface area contributed by atoms with E-state index in [0.717, 1.165) is 6.54 Å². The highest BCUT2D eigenvalue weighted by atomic mass is 32.1. The second-order valence-corrected chi connectivity index (χ2v) is 3.70. The largest absolute Gasteiger partial charge is 0.475 e. The molecule has 2 N–H and O–H groups in total. The van der Waals surface area contributed by atoms with E-state index in [4.69, 9.17) is 22.7 Å². The number of rotatable bonds is 5. The molecule has 0 aliphatic carbocycles. The highest BCUT2D eigenvalue weighted by Gasteiger charge is 2.01. The average molecular weight is 226 g/mol. The molecule has 15 heavy (non-hydrogen) atoms. The monoisotopic (exact) mass is 226 g/mol. The fourth-order valence-corrected chi connectivity index (χ4v) is 0.967. The number of hydrogen-bond donors (Lipinski definition) is 1. The first kappa shape index (κ1) is 11.8. The Balaban J connectivity index is 2.54. The van der Waals surface area contributed by atoms with Crippen LogP contribution in [0.3, 0.4) is 0 Å². The Morgan fingerprint density at radius 2 is 2.27 bits per heavy atom. The molecule has 0 saturated heterocycles. The molecule has 0 bridgehead atoms. The van der Waals surface area contributed by atoms with Crippen LogP contribution < -0.4 is 10.5 Å². The normalized spacial score (nSPS) is 10.3. The Morgan fingerprint density at radius 1 is 1.53 bits per heavy atom. The summed E-state index contributed by atoms with van der Waals surface area (Å²) in [4.78, 5) is 10.3. The van der Waals surface area contributed by atoms with Crippen LogP contribution in [0.15, 0.2) is 12.4 Å². The fourth-order valence-electron chi connectivity index (χ4n) is 0.869. The Labute approximate surface area is 94.3 Å². The van der Waals surface area contributed by atoms with E-state index < -0.39 is 0 Å². The van der Waals surface area contributed by atoms with Crippen molar-refractivity contribution >= 4 is 17.2 Å². The first-order valence-electron chi connectivity index (χ1n) is 4.49. The van der Waals surface area contributed by atoms with Gasteiger partial charge in [0, 0.05) is 6.54 Å². The van der Waals surface area contributed by atoms with Crippen LogP contribution in [0.5, 0.6) is 5.88 Å². The molecular formula is C9H14N4OS. The molecule has 6 heteroatoms. The second kappa shape index (κ2) is 5.57. The van der Waals surface area contributed by atoms with Gasteiger partial charge in [-0.3, -0.25) is 4.98 Å². The molecule has 0 saturated carbocycles. The van der Waals surface area contributed by atoms with Gasteiger partial charge < -0.3 is 15.4 Å². The number of likely N-dealkylation sites (N-methyl/N-ethyl adjacent to an activating group) is 1. The number of thiocarbonyl (C=S) groups is 1. The Bertz CT molecular complexity index is 343. The summed E-state index contributed by atoms with van der Waals surface area (Å²) in [5.41, 5.74) is 5.90. The smallest absolute Gasteiger partial charge is 0.232 e. The summed E-state index contributed by atoms with van der Waals surface area (Å²) in [6, 6.07) is 0. The van der Waals surface area contributed by atoms with Gasteiger partial charge in [0.05, 0.1) is 12.4 Å². The molecule has 1 rings (SSSR count). The zero-order chi connectivity index (χ0) is 11.3. The lowest BCUT2D eigenvalue weighted by Gasteiger charge is -2.10. The second-order valence-electron chi connectivity index (χ2n) is 3.26. The summed E-state index contributed by atoms with van der Waals surface area (Å²) in [5.74, 6) is 0.446. The molecule has 0 amide bonds. The SMILES string of the molecule is CN(C)CCOc1cncc(C(N)=S)n1. The third-order valence-corrected chi connectivity index (χ3v) is 1.86. The van der Waals surface area contributed by atoms with Crippen LogP contribution >= 0.6 is 12.2 Å². The van der Waals surface area contributed by atoms with Gasteiger partial charge in [-0.1, -0.05) is 12.2 Å². The maximum absolute atomic E-state index is 5.42. The zero-order valence-corrected chi connectivity index (χ0v) is 9.62. The molecular weight excluding hydrogens is 212 g/mol. The minimum atomic E-state index is 0.223. The molecule has 1 aromatic heterocycles. The molecule has 1 heterocycles. The van der Waals surface area contributed by atoms with Gasteiger partial charge in [0.1, 0.15) is 17.3 Å². The first-order chi connectivity index (χ1) is 7.09. The number of hydrogen-bond acceptors (Lipinski definition) is 5.